The van der Waals surface area contributed by atoms with E-state index in [2.05, 4.69) is 0 Å². The molecule has 1 aromatic heterocycles. The van der Waals surface area contributed by atoms with Crippen molar-refractivity contribution in [2.24, 2.45) is 0 Å². The molecule has 0 radical (unpaired) electrons. The van der Waals surface area contributed by atoms with Gasteiger partial charge in [-0.3, -0.25) is 0 Å². The summed E-state index contributed by atoms with van der Waals surface area (Å²) in [6.07, 6.45) is 2.36. The molecule has 0 saturated heterocycles. The van der Waals surface area contributed by atoms with Gasteiger partial charge in [-0.2, -0.15) is 4.31 Å². The molecule has 0 bridgehead atoms. The first kappa shape index (κ1) is 14.8. The van der Waals surface area contributed by atoms with E-state index in [0.717, 1.165) is 21.9 Å². The number of rotatable bonds is 3. The van der Waals surface area contributed by atoms with Crippen LogP contribution in [0.2, 0.25) is 4.34 Å². The third-order valence-corrected chi connectivity index (χ3v) is 6.27. The number of sulfonamides is 1. The third kappa shape index (κ3) is 3.37. The van der Waals surface area contributed by atoms with Crippen molar-refractivity contribution in [1.82, 2.24) is 4.31 Å². The van der Waals surface area contributed by atoms with Gasteiger partial charge in [0, 0.05) is 23.4 Å². The van der Waals surface area contributed by atoms with Gasteiger partial charge in [-0.05, 0) is 29.7 Å². The molecular formula is C15H14ClNO2S2. The molecule has 3 rings (SSSR count). The van der Waals surface area contributed by atoms with Crippen molar-refractivity contribution in [2.45, 2.75) is 13.0 Å². The molecule has 2 heterocycles. The van der Waals surface area contributed by atoms with E-state index in [1.807, 2.05) is 36.4 Å². The van der Waals surface area contributed by atoms with Gasteiger partial charge >= 0.3 is 0 Å². The molecule has 0 saturated carbocycles. The molecule has 1 aliphatic heterocycles. The predicted octanol–water partition coefficient (Wildman–Crippen LogP) is 3.76. The lowest BCUT2D eigenvalue weighted by molar-refractivity contribution is 0.400. The maximum Gasteiger partial charge on any atom is 0.236 e. The fourth-order valence-electron chi connectivity index (χ4n) is 2.30. The number of hydrogen-bond donors (Lipinski definition) is 0. The average Bonchev–Trinajstić information content (AvgIpc) is 2.85. The Bertz CT molecular complexity index is 766. The maximum absolute atomic E-state index is 12.4. The van der Waals surface area contributed by atoms with E-state index >= 15 is 0 Å². The van der Waals surface area contributed by atoms with Crippen LogP contribution in [0.25, 0.3) is 6.08 Å². The van der Waals surface area contributed by atoms with E-state index in [0.29, 0.717) is 13.1 Å². The second kappa shape index (κ2) is 5.93. The highest BCUT2D eigenvalue weighted by Crippen LogP contribution is 2.32. The molecule has 2 aromatic rings. The Morgan fingerprint density at radius 3 is 2.76 bits per heavy atom. The van der Waals surface area contributed by atoms with Gasteiger partial charge in [-0.25, -0.2) is 8.42 Å². The first-order valence-corrected chi connectivity index (χ1v) is 9.25. The van der Waals surface area contributed by atoms with Gasteiger partial charge in [0.1, 0.15) is 0 Å². The average molecular weight is 340 g/mol. The van der Waals surface area contributed by atoms with Crippen molar-refractivity contribution >= 4 is 39.0 Å². The summed E-state index contributed by atoms with van der Waals surface area (Å²) in [4.78, 5) is 1.19. The summed E-state index contributed by atoms with van der Waals surface area (Å²) in [5.41, 5.74) is 1.89. The van der Waals surface area contributed by atoms with Gasteiger partial charge in [0.2, 0.25) is 10.0 Å². The van der Waals surface area contributed by atoms with Gasteiger partial charge < -0.3 is 0 Å². The second-order valence-electron chi connectivity index (χ2n) is 4.84. The van der Waals surface area contributed by atoms with Crippen molar-refractivity contribution in [2.75, 3.05) is 6.54 Å². The zero-order valence-corrected chi connectivity index (χ0v) is 13.6. The number of nitrogens with zero attached hydrogens (tertiary/aromatic N) is 1. The van der Waals surface area contributed by atoms with Crippen LogP contribution < -0.4 is 0 Å². The number of hydrogen-bond acceptors (Lipinski definition) is 3. The highest BCUT2D eigenvalue weighted by molar-refractivity contribution is 7.92. The monoisotopic (exact) mass is 339 g/mol. The third-order valence-electron chi connectivity index (χ3n) is 3.39. The second-order valence-corrected chi connectivity index (χ2v) is 8.43. The standard InChI is InChI=1S/C15H14ClNO2S2/c16-15-10-13-11-17(8-6-14(13)20-15)21(18,19)9-7-12-4-2-1-3-5-12/h1-5,7,9-10H,6,8,11H2. The van der Waals surface area contributed by atoms with E-state index in [9.17, 15) is 8.42 Å². The van der Waals surface area contributed by atoms with Crippen LogP contribution in [0.15, 0.2) is 41.8 Å². The quantitative estimate of drug-likeness (QED) is 0.853. The first-order chi connectivity index (χ1) is 10.0. The summed E-state index contributed by atoms with van der Waals surface area (Å²) in [5, 5.41) is 1.28. The normalized spacial score (nSPS) is 16.2. The van der Waals surface area contributed by atoms with Gasteiger partial charge in [-0.15, -0.1) is 11.3 Å². The lowest BCUT2D eigenvalue weighted by Gasteiger charge is -2.24. The summed E-state index contributed by atoms with van der Waals surface area (Å²) in [5.74, 6) is 0. The van der Waals surface area contributed by atoms with Crippen molar-refractivity contribution < 1.29 is 8.42 Å². The lowest BCUT2D eigenvalue weighted by atomic mass is 10.1. The highest BCUT2D eigenvalue weighted by atomic mass is 35.5. The predicted molar refractivity (Wildman–Crippen MR) is 87.8 cm³/mol. The molecule has 0 spiro atoms. The van der Waals surface area contributed by atoms with Gasteiger partial charge in [0.05, 0.1) is 4.34 Å². The van der Waals surface area contributed by atoms with Crippen LogP contribution in [0, 0.1) is 0 Å². The first-order valence-electron chi connectivity index (χ1n) is 6.55. The van der Waals surface area contributed by atoms with E-state index in [1.165, 1.54) is 25.9 Å². The fourth-order valence-corrected chi connectivity index (χ4v) is 4.76. The van der Waals surface area contributed by atoms with Crippen molar-refractivity contribution in [3.63, 3.8) is 0 Å². The van der Waals surface area contributed by atoms with Crippen LogP contribution in [-0.2, 0) is 23.0 Å². The van der Waals surface area contributed by atoms with E-state index < -0.39 is 10.0 Å². The van der Waals surface area contributed by atoms with Crippen LogP contribution in [0.3, 0.4) is 0 Å². The minimum Gasteiger partial charge on any atom is -0.207 e. The summed E-state index contributed by atoms with van der Waals surface area (Å²) in [7, 11) is -3.40. The summed E-state index contributed by atoms with van der Waals surface area (Å²) in [6.45, 7) is 0.908. The molecular weight excluding hydrogens is 326 g/mol. The number of fused-ring (bicyclic) bond motifs is 1. The van der Waals surface area contributed by atoms with Crippen LogP contribution >= 0.6 is 22.9 Å². The molecule has 0 amide bonds. The van der Waals surface area contributed by atoms with Gasteiger partial charge in [-0.1, -0.05) is 41.9 Å². The summed E-state index contributed by atoms with van der Waals surface area (Å²) >= 11 is 7.53. The SMILES string of the molecule is O=S(=O)(C=Cc1ccccc1)N1CCc2sc(Cl)cc2C1. The minimum atomic E-state index is -3.40. The highest BCUT2D eigenvalue weighted by Gasteiger charge is 2.26. The van der Waals surface area contributed by atoms with Crippen molar-refractivity contribution in [1.29, 1.82) is 0 Å². The summed E-state index contributed by atoms with van der Waals surface area (Å²) in [6, 6.07) is 11.3. The van der Waals surface area contributed by atoms with E-state index in [-0.39, 0.29) is 0 Å². The Morgan fingerprint density at radius 1 is 1.24 bits per heavy atom. The Kier molecular flexibility index (Phi) is 4.17. The minimum absolute atomic E-state index is 0.403. The summed E-state index contributed by atoms with van der Waals surface area (Å²) < 4.78 is 27.0. The number of benzene rings is 1. The molecule has 3 nitrogen and oxygen atoms in total. The van der Waals surface area contributed by atoms with Crippen LogP contribution in [0.1, 0.15) is 16.0 Å². The van der Waals surface area contributed by atoms with Crippen LogP contribution in [0.4, 0.5) is 0 Å². The lowest BCUT2D eigenvalue weighted by Crippen LogP contribution is -2.33. The topological polar surface area (TPSA) is 37.4 Å². The molecule has 21 heavy (non-hydrogen) atoms. The van der Waals surface area contributed by atoms with Crippen LogP contribution in [0.5, 0.6) is 0 Å². The molecule has 0 N–H and O–H groups in total. The van der Waals surface area contributed by atoms with E-state index in [4.69, 9.17) is 11.6 Å². The zero-order valence-electron chi connectivity index (χ0n) is 11.2. The van der Waals surface area contributed by atoms with Crippen LogP contribution in [-0.4, -0.2) is 19.3 Å². The zero-order chi connectivity index (χ0) is 14.9. The van der Waals surface area contributed by atoms with Crippen molar-refractivity contribution in [3.8, 4) is 0 Å². The van der Waals surface area contributed by atoms with Gasteiger partial charge in [0.15, 0.2) is 0 Å². The van der Waals surface area contributed by atoms with E-state index in [1.54, 1.807) is 6.08 Å². The Balaban J connectivity index is 1.79. The molecule has 1 aromatic carbocycles. The molecule has 1 aliphatic rings. The molecule has 0 aliphatic carbocycles. The number of thiophene rings is 1. The molecule has 0 unspecified atom stereocenters. The Morgan fingerprint density at radius 2 is 2.00 bits per heavy atom. The fraction of sp³-hybridized carbons (Fsp3) is 0.200. The molecule has 110 valence electrons. The molecule has 0 atom stereocenters. The molecule has 6 heteroatoms. The molecule has 0 fully saturated rings. The van der Waals surface area contributed by atoms with Crippen molar-refractivity contribution in [3.05, 3.63) is 62.1 Å². The smallest absolute Gasteiger partial charge is 0.207 e. The van der Waals surface area contributed by atoms with Gasteiger partial charge in [0.25, 0.3) is 0 Å². The number of halogens is 1. The maximum atomic E-state index is 12.4. The Hall–Kier alpha value is -1.14. The Labute approximate surface area is 133 Å². The largest absolute Gasteiger partial charge is 0.236 e.